The molecule has 3 aliphatic heterocycles. The molecule has 3 saturated heterocycles. The molecular formula is C21H37N3O. The van der Waals surface area contributed by atoms with E-state index < -0.39 is 0 Å². The Hall–Kier alpha value is -0.610. The standard InChI is InChI=1S/C21H37N3O/c1-15-19-11-10-17-12-14-24(20(17)23-19)13-6-2-3-7-16-8-4-5-9-18(16)21(25)22-15/h15-20,23H,2-14H2,1H3,(H,22,25)/t15-,16?,17?,18?,19?,20?/m1/s1. The van der Waals surface area contributed by atoms with Crippen LogP contribution in [0.1, 0.15) is 77.6 Å². The molecule has 4 nitrogen and oxygen atoms in total. The van der Waals surface area contributed by atoms with E-state index in [0.717, 1.165) is 12.3 Å². The third-order valence-corrected chi connectivity index (χ3v) is 7.60. The number of piperidine rings is 1. The SMILES string of the molecule is C[C@H]1NC(=O)C2CCCCC2CCCCCN2CCC3CCC1NC32. The minimum absolute atomic E-state index is 0.251. The predicted molar refractivity (Wildman–Crippen MR) is 101 cm³/mol. The van der Waals surface area contributed by atoms with E-state index in [9.17, 15) is 4.79 Å². The van der Waals surface area contributed by atoms with Gasteiger partial charge in [0.05, 0.1) is 6.17 Å². The van der Waals surface area contributed by atoms with Crippen LogP contribution in [-0.4, -0.2) is 42.1 Å². The Morgan fingerprint density at radius 2 is 1.64 bits per heavy atom. The zero-order valence-corrected chi connectivity index (χ0v) is 16.0. The highest BCUT2D eigenvalue weighted by molar-refractivity contribution is 5.79. The molecule has 6 atom stereocenters. The number of nitrogens with zero attached hydrogens (tertiary/aromatic N) is 1. The molecule has 1 saturated carbocycles. The van der Waals surface area contributed by atoms with Crippen LogP contribution in [-0.2, 0) is 4.79 Å². The number of fused-ring (bicyclic) bond motifs is 2. The normalized spacial score (nSPS) is 43.8. The predicted octanol–water partition coefficient (Wildman–Crippen LogP) is 3.27. The van der Waals surface area contributed by atoms with E-state index in [1.54, 1.807) is 0 Å². The van der Waals surface area contributed by atoms with Gasteiger partial charge in [0.1, 0.15) is 0 Å². The van der Waals surface area contributed by atoms with Gasteiger partial charge in [-0.3, -0.25) is 15.0 Å². The summed E-state index contributed by atoms with van der Waals surface area (Å²) in [6, 6.07) is 0.692. The Labute approximate surface area is 153 Å². The molecule has 4 aliphatic rings. The van der Waals surface area contributed by atoms with Crippen molar-refractivity contribution in [2.75, 3.05) is 13.1 Å². The zero-order chi connectivity index (χ0) is 17.2. The van der Waals surface area contributed by atoms with E-state index in [0.29, 0.717) is 24.0 Å². The van der Waals surface area contributed by atoms with Crippen LogP contribution in [0.2, 0.25) is 0 Å². The summed E-state index contributed by atoms with van der Waals surface area (Å²) in [7, 11) is 0. The number of amides is 1. The summed E-state index contributed by atoms with van der Waals surface area (Å²) in [6.07, 6.45) is 14.6. The van der Waals surface area contributed by atoms with Crippen molar-refractivity contribution in [3.05, 3.63) is 0 Å². The Kier molecular flexibility index (Phi) is 5.66. The molecule has 25 heavy (non-hydrogen) atoms. The van der Waals surface area contributed by atoms with Gasteiger partial charge in [-0.25, -0.2) is 0 Å². The molecule has 4 heteroatoms. The molecule has 2 bridgehead atoms. The van der Waals surface area contributed by atoms with Gasteiger partial charge in [0.15, 0.2) is 0 Å². The molecule has 4 rings (SSSR count). The molecule has 1 aliphatic carbocycles. The van der Waals surface area contributed by atoms with Gasteiger partial charge < -0.3 is 5.32 Å². The quantitative estimate of drug-likeness (QED) is 0.707. The highest BCUT2D eigenvalue weighted by Gasteiger charge is 2.40. The van der Waals surface area contributed by atoms with Crippen molar-refractivity contribution < 1.29 is 4.79 Å². The van der Waals surface area contributed by atoms with Crippen molar-refractivity contribution in [1.82, 2.24) is 15.5 Å². The van der Waals surface area contributed by atoms with Crippen molar-refractivity contribution >= 4 is 5.91 Å². The lowest BCUT2D eigenvalue weighted by atomic mass is 9.76. The minimum atomic E-state index is 0.251. The minimum Gasteiger partial charge on any atom is -0.352 e. The van der Waals surface area contributed by atoms with E-state index in [2.05, 4.69) is 22.5 Å². The second-order valence-electron chi connectivity index (χ2n) is 9.18. The topological polar surface area (TPSA) is 44.4 Å². The molecule has 0 spiro atoms. The fraction of sp³-hybridized carbons (Fsp3) is 0.952. The lowest BCUT2D eigenvalue weighted by molar-refractivity contribution is -0.129. The lowest BCUT2D eigenvalue weighted by Gasteiger charge is -2.41. The maximum Gasteiger partial charge on any atom is 0.223 e. The summed E-state index contributed by atoms with van der Waals surface area (Å²) >= 11 is 0. The maximum absolute atomic E-state index is 13.0. The van der Waals surface area contributed by atoms with Crippen molar-refractivity contribution in [3.63, 3.8) is 0 Å². The van der Waals surface area contributed by atoms with Crippen molar-refractivity contribution in [2.24, 2.45) is 17.8 Å². The summed E-state index contributed by atoms with van der Waals surface area (Å²) in [6.45, 7) is 4.75. The van der Waals surface area contributed by atoms with E-state index in [1.807, 2.05) is 0 Å². The van der Waals surface area contributed by atoms with Crippen LogP contribution in [0.4, 0.5) is 0 Å². The fourth-order valence-electron chi connectivity index (χ4n) is 6.04. The second kappa shape index (κ2) is 7.96. The number of nitrogens with one attached hydrogen (secondary N) is 2. The smallest absolute Gasteiger partial charge is 0.223 e. The van der Waals surface area contributed by atoms with Gasteiger partial charge in [-0.2, -0.15) is 0 Å². The highest BCUT2D eigenvalue weighted by atomic mass is 16.2. The molecule has 1 amide bonds. The summed E-state index contributed by atoms with van der Waals surface area (Å²) in [4.78, 5) is 15.7. The fourth-order valence-corrected chi connectivity index (χ4v) is 6.04. The highest BCUT2D eigenvalue weighted by Crippen LogP contribution is 2.36. The van der Waals surface area contributed by atoms with Gasteiger partial charge in [0.25, 0.3) is 0 Å². The molecule has 0 aromatic carbocycles. The van der Waals surface area contributed by atoms with Gasteiger partial charge in [0, 0.05) is 24.5 Å². The molecular weight excluding hydrogens is 310 g/mol. The van der Waals surface area contributed by atoms with Crippen LogP contribution >= 0.6 is 0 Å². The zero-order valence-electron chi connectivity index (χ0n) is 16.0. The molecule has 3 heterocycles. The molecule has 4 fully saturated rings. The molecule has 2 N–H and O–H groups in total. The van der Waals surface area contributed by atoms with Crippen LogP contribution in [0.3, 0.4) is 0 Å². The van der Waals surface area contributed by atoms with Crippen LogP contribution in [0.25, 0.3) is 0 Å². The first-order valence-corrected chi connectivity index (χ1v) is 11.0. The maximum atomic E-state index is 13.0. The summed E-state index contributed by atoms with van der Waals surface area (Å²) in [5.41, 5.74) is 0. The first kappa shape index (κ1) is 17.8. The Morgan fingerprint density at radius 1 is 0.840 bits per heavy atom. The molecule has 0 radical (unpaired) electrons. The number of hydrogen-bond acceptors (Lipinski definition) is 3. The van der Waals surface area contributed by atoms with E-state index >= 15 is 0 Å². The van der Waals surface area contributed by atoms with E-state index in [-0.39, 0.29) is 12.0 Å². The van der Waals surface area contributed by atoms with Crippen LogP contribution < -0.4 is 10.6 Å². The average molecular weight is 348 g/mol. The molecule has 0 aromatic rings. The Balaban J connectivity index is 1.47. The van der Waals surface area contributed by atoms with Gasteiger partial charge in [0.2, 0.25) is 5.91 Å². The van der Waals surface area contributed by atoms with Gasteiger partial charge >= 0.3 is 0 Å². The molecule has 142 valence electrons. The summed E-state index contributed by atoms with van der Waals surface area (Å²) in [5, 5.41) is 7.34. The van der Waals surface area contributed by atoms with E-state index in [1.165, 1.54) is 77.3 Å². The molecule has 5 unspecified atom stereocenters. The van der Waals surface area contributed by atoms with Crippen molar-refractivity contribution in [1.29, 1.82) is 0 Å². The second-order valence-corrected chi connectivity index (χ2v) is 9.18. The summed E-state index contributed by atoms with van der Waals surface area (Å²) < 4.78 is 0. The number of rotatable bonds is 0. The van der Waals surface area contributed by atoms with Gasteiger partial charge in [-0.05, 0) is 70.3 Å². The van der Waals surface area contributed by atoms with E-state index in [4.69, 9.17) is 0 Å². The number of carbonyl (C=O) groups is 1. The average Bonchev–Trinajstić information content (AvgIpc) is 3.03. The van der Waals surface area contributed by atoms with Crippen molar-refractivity contribution in [2.45, 2.75) is 95.8 Å². The lowest BCUT2D eigenvalue weighted by Crippen LogP contribution is -2.59. The molecule has 0 aromatic heterocycles. The van der Waals surface area contributed by atoms with Crippen LogP contribution in [0.5, 0.6) is 0 Å². The monoisotopic (exact) mass is 347 g/mol. The first-order chi connectivity index (χ1) is 12.2. The Morgan fingerprint density at radius 3 is 2.52 bits per heavy atom. The number of hydrogen-bond donors (Lipinski definition) is 2. The van der Waals surface area contributed by atoms with Crippen LogP contribution in [0, 0.1) is 17.8 Å². The van der Waals surface area contributed by atoms with Gasteiger partial charge in [-0.15, -0.1) is 0 Å². The third kappa shape index (κ3) is 3.90. The van der Waals surface area contributed by atoms with Gasteiger partial charge in [-0.1, -0.05) is 25.7 Å². The summed E-state index contributed by atoms with van der Waals surface area (Å²) in [5.74, 6) is 2.09. The number of carbonyl (C=O) groups excluding carboxylic acids is 1. The first-order valence-electron chi connectivity index (χ1n) is 11.0. The Bertz CT molecular complexity index is 468. The van der Waals surface area contributed by atoms with Crippen LogP contribution in [0.15, 0.2) is 0 Å². The largest absolute Gasteiger partial charge is 0.352 e. The van der Waals surface area contributed by atoms with Crippen molar-refractivity contribution in [3.8, 4) is 0 Å². The third-order valence-electron chi connectivity index (χ3n) is 7.60.